The van der Waals surface area contributed by atoms with Gasteiger partial charge in [-0.05, 0) is 26.8 Å². The first kappa shape index (κ1) is 16.5. The van der Waals surface area contributed by atoms with Crippen molar-refractivity contribution in [3.05, 3.63) is 33.6 Å². The van der Waals surface area contributed by atoms with Gasteiger partial charge in [-0.15, -0.1) is 0 Å². The number of esters is 2. The van der Waals surface area contributed by atoms with Gasteiger partial charge in [-0.1, -0.05) is 0 Å². The minimum atomic E-state index is -1.34. The molecule has 1 aromatic heterocycles. The molecule has 0 N–H and O–H groups in total. The van der Waals surface area contributed by atoms with Gasteiger partial charge in [0.1, 0.15) is 6.20 Å². The highest BCUT2D eigenvalue weighted by molar-refractivity contribution is 6.00. The molecule has 1 heterocycles. The van der Waals surface area contributed by atoms with Crippen LogP contribution in [0.3, 0.4) is 0 Å². The topological polar surface area (TPSA) is 109 Å². The van der Waals surface area contributed by atoms with E-state index in [2.05, 4.69) is 4.98 Å². The van der Waals surface area contributed by atoms with Crippen LogP contribution >= 0.6 is 0 Å². The molecule has 0 spiro atoms. The fourth-order valence-corrected chi connectivity index (χ4v) is 1.71. The van der Waals surface area contributed by atoms with E-state index in [0.717, 1.165) is 6.20 Å². The highest BCUT2D eigenvalue weighted by atomic mass is 16.6. The van der Waals surface area contributed by atoms with Gasteiger partial charge in [0.2, 0.25) is 0 Å². The van der Waals surface area contributed by atoms with Gasteiger partial charge in [-0.3, -0.25) is 24.7 Å². The van der Waals surface area contributed by atoms with E-state index in [9.17, 15) is 19.7 Å². The molecule has 114 valence electrons. The van der Waals surface area contributed by atoms with Crippen LogP contribution < -0.4 is 0 Å². The van der Waals surface area contributed by atoms with Crippen molar-refractivity contribution in [1.82, 2.24) is 4.98 Å². The highest BCUT2D eigenvalue weighted by Crippen LogP contribution is 2.23. The lowest BCUT2D eigenvalue weighted by molar-refractivity contribution is -0.385. The maximum absolute atomic E-state index is 11.9. The average molecular weight is 296 g/mol. The number of rotatable bonds is 6. The van der Waals surface area contributed by atoms with Gasteiger partial charge in [0, 0.05) is 5.56 Å². The van der Waals surface area contributed by atoms with Crippen LogP contribution in [0.4, 0.5) is 5.69 Å². The molecule has 0 bridgehead atoms. The largest absolute Gasteiger partial charge is 0.465 e. The van der Waals surface area contributed by atoms with E-state index in [-0.39, 0.29) is 24.6 Å². The number of hydrogen-bond acceptors (Lipinski definition) is 7. The van der Waals surface area contributed by atoms with Crippen LogP contribution in [0.2, 0.25) is 0 Å². The standard InChI is InChI=1S/C13H16N2O6/c1-4-20-12(16)11(13(17)21-5-2)9-6-8(3)10(7-14-9)15(18)19/h6-7,11H,4-5H2,1-3H3. The molecule has 1 rings (SSSR count). The molecule has 0 fully saturated rings. The van der Waals surface area contributed by atoms with E-state index in [4.69, 9.17) is 9.47 Å². The van der Waals surface area contributed by atoms with Gasteiger partial charge >= 0.3 is 11.9 Å². The Kier molecular flexibility index (Phi) is 5.77. The van der Waals surface area contributed by atoms with Crippen LogP contribution in [-0.4, -0.2) is 35.1 Å². The smallest absolute Gasteiger partial charge is 0.326 e. The Bertz CT molecular complexity index is 540. The van der Waals surface area contributed by atoms with Crippen molar-refractivity contribution in [2.75, 3.05) is 13.2 Å². The fraction of sp³-hybridized carbons (Fsp3) is 0.462. The lowest BCUT2D eigenvalue weighted by Crippen LogP contribution is -2.27. The van der Waals surface area contributed by atoms with E-state index in [1.165, 1.54) is 13.0 Å². The Morgan fingerprint density at radius 3 is 2.19 bits per heavy atom. The lowest BCUT2D eigenvalue weighted by Gasteiger charge is -2.14. The number of aryl methyl sites for hydroxylation is 1. The quantitative estimate of drug-likeness (QED) is 0.338. The van der Waals surface area contributed by atoms with E-state index in [1.807, 2.05) is 0 Å². The first-order valence-corrected chi connectivity index (χ1v) is 6.36. The molecular weight excluding hydrogens is 280 g/mol. The monoisotopic (exact) mass is 296 g/mol. The van der Waals surface area contributed by atoms with Gasteiger partial charge in [0.05, 0.1) is 23.8 Å². The Morgan fingerprint density at radius 1 is 1.29 bits per heavy atom. The van der Waals surface area contributed by atoms with Crippen molar-refractivity contribution < 1.29 is 24.0 Å². The van der Waals surface area contributed by atoms with Crippen molar-refractivity contribution in [3.63, 3.8) is 0 Å². The summed E-state index contributed by atoms with van der Waals surface area (Å²) in [4.78, 5) is 37.8. The molecule has 0 unspecified atom stereocenters. The van der Waals surface area contributed by atoms with Crippen molar-refractivity contribution >= 4 is 17.6 Å². The Hall–Kier alpha value is -2.51. The number of nitrogens with zero attached hydrogens (tertiary/aromatic N) is 2. The van der Waals surface area contributed by atoms with Crippen LogP contribution in [0.1, 0.15) is 31.0 Å². The molecule has 8 nitrogen and oxygen atoms in total. The van der Waals surface area contributed by atoms with Crippen molar-refractivity contribution in [2.24, 2.45) is 0 Å². The normalized spacial score (nSPS) is 10.3. The molecule has 1 aromatic rings. The predicted molar refractivity (Wildman–Crippen MR) is 71.6 cm³/mol. The maximum atomic E-state index is 11.9. The van der Waals surface area contributed by atoms with Gasteiger partial charge in [-0.25, -0.2) is 0 Å². The second-order valence-electron chi connectivity index (χ2n) is 4.09. The first-order chi connectivity index (χ1) is 9.92. The van der Waals surface area contributed by atoms with Gasteiger partial charge < -0.3 is 9.47 Å². The molecule has 8 heteroatoms. The molecule has 0 aliphatic rings. The predicted octanol–water partition coefficient (Wildman–Crippen LogP) is 1.51. The lowest BCUT2D eigenvalue weighted by atomic mass is 10.0. The average Bonchev–Trinajstić information content (AvgIpc) is 2.39. The number of nitro groups is 1. The minimum absolute atomic E-state index is 0.0648. The number of carbonyl (C=O) groups is 2. The summed E-state index contributed by atoms with van der Waals surface area (Å²) in [5, 5.41) is 10.8. The van der Waals surface area contributed by atoms with E-state index in [0.29, 0.717) is 5.56 Å². The zero-order chi connectivity index (χ0) is 16.0. The maximum Gasteiger partial charge on any atom is 0.326 e. The molecule has 0 aliphatic carbocycles. The molecule has 0 saturated heterocycles. The minimum Gasteiger partial charge on any atom is -0.465 e. The van der Waals surface area contributed by atoms with Crippen molar-refractivity contribution in [3.8, 4) is 0 Å². The summed E-state index contributed by atoms with van der Waals surface area (Å²) < 4.78 is 9.66. The second kappa shape index (κ2) is 7.32. The van der Waals surface area contributed by atoms with Crippen molar-refractivity contribution in [2.45, 2.75) is 26.7 Å². The highest BCUT2D eigenvalue weighted by Gasteiger charge is 2.33. The van der Waals surface area contributed by atoms with E-state index < -0.39 is 22.8 Å². The molecule has 0 saturated carbocycles. The molecule has 21 heavy (non-hydrogen) atoms. The number of hydrogen-bond donors (Lipinski definition) is 0. The molecule has 0 aromatic carbocycles. The van der Waals surface area contributed by atoms with Gasteiger partial charge in [-0.2, -0.15) is 0 Å². The molecular formula is C13H16N2O6. The van der Waals surface area contributed by atoms with Crippen LogP contribution in [0.15, 0.2) is 12.3 Å². The summed E-state index contributed by atoms with van der Waals surface area (Å²) in [6.07, 6.45) is 1.01. The van der Waals surface area contributed by atoms with E-state index in [1.54, 1.807) is 13.8 Å². The summed E-state index contributed by atoms with van der Waals surface area (Å²) in [6, 6.07) is 1.32. The molecule has 0 radical (unpaired) electrons. The summed E-state index contributed by atoms with van der Waals surface area (Å²) >= 11 is 0. The summed E-state index contributed by atoms with van der Waals surface area (Å²) in [7, 11) is 0. The Morgan fingerprint density at radius 2 is 1.81 bits per heavy atom. The van der Waals surface area contributed by atoms with Crippen molar-refractivity contribution in [1.29, 1.82) is 0 Å². The second-order valence-corrected chi connectivity index (χ2v) is 4.09. The molecule has 0 amide bonds. The Labute approximate surface area is 121 Å². The third-order valence-corrected chi connectivity index (χ3v) is 2.64. The van der Waals surface area contributed by atoms with Crippen LogP contribution in [0.5, 0.6) is 0 Å². The Balaban J connectivity index is 3.19. The summed E-state index contributed by atoms with van der Waals surface area (Å²) in [6.45, 7) is 4.90. The third-order valence-electron chi connectivity index (χ3n) is 2.64. The fourth-order valence-electron chi connectivity index (χ4n) is 1.71. The zero-order valence-electron chi connectivity index (χ0n) is 12.0. The van der Waals surface area contributed by atoms with Crippen LogP contribution in [-0.2, 0) is 19.1 Å². The van der Waals surface area contributed by atoms with Crippen LogP contribution in [0, 0.1) is 17.0 Å². The number of aromatic nitrogens is 1. The van der Waals surface area contributed by atoms with Crippen LogP contribution in [0.25, 0.3) is 0 Å². The van der Waals surface area contributed by atoms with E-state index >= 15 is 0 Å². The summed E-state index contributed by atoms with van der Waals surface area (Å²) in [5.74, 6) is -2.93. The number of pyridine rings is 1. The third kappa shape index (κ3) is 3.98. The number of carbonyl (C=O) groups excluding carboxylic acids is 2. The molecule has 0 aliphatic heterocycles. The zero-order valence-corrected chi connectivity index (χ0v) is 12.0. The summed E-state index contributed by atoms with van der Waals surface area (Å²) in [5.41, 5.74) is 0.170. The SMILES string of the molecule is CCOC(=O)C(C(=O)OCC)c1cc(C)c([N+](=O)[O-])cn1. The molecule has 0 atom stereocenters. The first-order valence-electron chi connectivity index (χ1n) is 6.36. The van der Waals surface area contributed by atoms with Gasteiger partial charge in [0.15, 0.2) is 5.92 Å². The number of ether oxygens (including phenoxy) is 2. The van der Waals surface area contributed by atoms with Gasteiger partial charge in [0.25, 0.3) is 5.69 Å².